The number of thioether (sulfide) groups is 2. The molecule has 29 heavy (non-hydrogen) atoms. The van der Waals surface area contributed by atoms with Gasteiger partial charge in [0.05, 0.1) is 49.5 Å². The van der Waals surface area contributed by atoms with Gasteiger partial charge in [-0.25, -0.2) is 4.98 Å². The molecule has 0 bridgehead atoms. The predicted octanol–water partition coefficient (Wildman–Crippen LogP) is -6.99. The molecule has 0 aromatic carbocycles. The van der Waals surface area contributed by atoms with Gasteiger partial charge in [0.1, 0.15) is 26.2 Å². The van der Waals surface area contributed by atoms with Crippen LogP contribution in [0.4, 0.5) is 5.69 Å². The predicted molar refractivity (Wildman–Crippen MR) is 105 cm³/mol. The quantitative estimate of drug-likeness (QED) is 0.204. The summed E-state index contributed by atoms with van der Waals surface area (Å²) in [5, 5.41) is 12.7. The minimum absolute atomic E-state index is 0. The van der Waals surface area contributed by atoms with Gasteiger partial charge in [-0.3, -0.25) is 10.1 Å². The van der Waals surface area contributed by atoms with Crippen molar-refractivity contribution >= 4 is 29.2 Å². The Morgan fingerprint density at radius 2 is 1.45 bits per heavy atom. The fourth-order valence-corrected chi connectivity index (χ4v) is 5.17. The van der Waals surface area contributed by atoms with Crippen LogP contribution in [0.15, 0.2) is 22.2 Å². The number of hydrogen-bond donors (Lipinski definition) is 2. The van der Waals surface area contributed by atoms with Gasteiger partial charge in [-0.05, 0) is 6.07 Å². The van der Waals surface area contributed by atoms with E-state index in [0.29, 0.717) is 5.03 Å². The van der Waals surface area contributed by atoms with Gasteiger partial charge < -0.3 is 44.1 Å². The lowest BCUT2D eigenvalue weighted by molar-refractivity contribution is -0.905. The zero-order valence-electron chi connectivity index (χ0n) is 16.2. The third-order valence-corrected chi connectivity index (χ3v) is 6.72. The number of rotatable bonds is 9. The Morgan fingerprint density at radius 1 is 0.931 bits per heavy atom. The minimum atomic E-state index is -0.330. The Hall–Kier alpha value is -0.330. The Kier molecular flexibility index (Phi) is 13.5. The largest absolute Gasteiger partial charge is 1.00 e. The highest BCUT2D eigenvalue weighted by Gasteiger charge is 2.19. The molecule has 3 rings (SSSR count). The molecule has 0 amide bonds. The van der Waals surface area contributed by atoms with Gasteiger partial charge in [0.15, 0.2) is 5.03 Å². The smallest absolute Gasteiger partial charge is 0.301 e. The zero-order valence-corrected chi connectivity index (χ0v) is 19.4. The number of morpholine rings is 2. The summed E-state index contributed by atoms with van der Waals surface area (Å²) < 4.78 is 10.8. The van der Waals surface area contributed by atoms with E-state index in [9.17, 15) is 10.1 Å². The van der Waals surface area contributed by atoms with Gasteiger partial charge >= 0.3 is 5.69 Å². The second kappa shape index (κ2) is 14.6. The Labute approximate surface area is 192 Å². The van der Waals surface area contributed by atoms with Gasteiger partial charge in [-0.2, -0.15) is 0 Å². The fourth-order valence-electron chi connectivity index (χ4n) is 3.15. The third-order valence-electron chi connectivity index (χ3n) is 4.81. The number of hydrogen-bond acceptors (Lipinski definition) is 7. The summed E-state index contributed by atoms with van der Waals surface area (Å²) in [5.74, 6) is 1.79. The van der Waals surface area contributed by atoms with E-state index in [1.807, 2.05) is 0 Å². The average molecular weight is 487 g/mol. The Bertz CT molecular complexity index is 621. The molecule has 3 heterocycles. The molecule has 2 fully saturated rings. The third kappa shape index (κ3) is 9.14. The van der Waals surface area contributed by atoms with Crippen molar-refractivity contribution in [1.29, 1.82) is 0 Å². The van der Waals surface area contributed by atoms with Crippen molar-refractivity contribution in [3.8, 4) is 0 Å². The number of quaternary nitrogens is 2. The molecule has 2 saturated heterocycles. The number of pyridine rings is 1. The van der Waals surface area contributed by atoms with E-state index >= 15 is 0 Å². The van der Waals surface area contributed by atoms with Crippen molar-refractivity contribution in [1.82, 2.24) is 4.98 Å². The topological polar surface area (TPSA) is 83.4 Å². The molecule has 0 spiro atoms. The summed E-state index contributed by atoms with van der Waals surface area (Å²) in [4.78, 5) is 18.6. The maximum absolute atomic E-state index is 11.3. The molecule has 1 aromatic heterocycles. The molecule has 2 aliphatic heterocycles. The maximum atomic E-state index is 11.3. The molecule has 2 aliphatic rings. The molecule has 12 heteroatoms. The SMILES string of the molecule is O=[N+]([O-])c1ccc(SCC[NH+]2CCOCC2)nc1SCC[NH+]1CCOCC1.[Cl-].[Cl-]. The lowest BCUT2D eigenvalue weighted by Crippen LogP contribution is -3.14. The normalized spacial score (nSPS) is 17.9. The summed E-state index contributed by atoms with van der Waals surface area (Å²) >= 11 is 3.17. The van der Waals surface area contributed by atoms with Crippen molar-refractivity contribution in [3.05, 3.63) is 22.2 Å². The first-order valence-corrected chi connectivity index (χ1v) is 11.4. The van der Waals surface area contributed by atoms with Crippen molar-refractivity contribution in [3.63, 3.8) is 0 Å². The first-order chi connectivity index (χ1) is 13.2. The average Bonchev–Trinajstić information content (AvgIpc) is 2.70. The molecule has 0 unspecified atom stereocenters. The summed E-state index contributed by atoms with van der Waals surface area (Å²) in [5.41, 5.74) is 0.111. The summed E-state index contributed by atoms with van der Waals surface area (Å²) in [6.07, 6.45) is 0. The van der Waals surface area contributed by atoms with E-state index in [0.717, 1.165) is 82.2 Å². The van der Waals surface area contributed by atoms with E-state index in [-0.39, 0.29) is 35.4 Å². The van der Waals surface area contributed by atoms with E-state index in [2.05, 4.69) is 4.98 Å². The van der Waals surface area contributed by atoms with Gasteiger partial charge in [0.2, 0.25) is 0 Å². The van der Waals surface area contributed by atoms with Crippen LogP contribution in [-0.2, 0) is 9.47 Å². The van der Waals surface area contributed by atoms with Crippen LogP contribution in [0.25, 0.3) is 0 Å². The van der Waals surface area contributed by atoms with E-state index in [4.69, 9.17) is 9.47 Å². The monoisotopic (exact) mass is 486 g/mol. The molecule has 8 nitrogen and oxygen atoms in total. The van der Waals surface area contributed by atoms with Crippen molar-refractivity contribution in [2.24, 2.45) is 0 Å². The number of nitrogens with one attached hydrogen (secondary N) is 2. The summed E-state index contributed by atoms with van der Waals surface area (Å²) in [7, 11) is 0. The van der Waals surface area contributed by atoms with Crippen LogP contribution in [0.1, 0.15) is 0 Å². The van der Waals surface area contributed by atoms with Crippen LogP contribution < -0.4 is 34.6 Å². The zero-order chi connectivity index (χ0) is 18.9. The second-order valence-electron chi connectivity index (χ2n) is 6.65. The van der Waals surface area contributed by atoms with Crippen LogP contribution in [0.3, 0.4) is 0 Å². The summed E-state index contributed by atoms with van der Waals surface area (Å²) in [6, 6.07) is 3.37. The van der Waals surface area contributed by atoms with Crippen molar-refractivity contribution in [2.75, 3.05) is 77.2 Å². The second-order valence-corrected chi connectivity index (χ2v) is 8.85. The van der Waals surface area contributed by atoms with Crippen LogP contribution in [0, 0.1) is 10.1 Å². The van der Waals surface area contributed by atoms with Crippen molar-refractivity contribution in [2.45, 2.75) is 10.1 Å². The van der Waals surface area contributed by atoms with Crippen LogP contribution >= 0.6 is 23.5 Å². The highest BCUT2D eigenvalue weighted by atomic mass is 35.5. The number of halogens is 2. The van der Waals surface area contributed by atoms with Gasteiger partial charge in [-0.15, -0.1) is 11.8 Å². The molecule has 166 valence electrons. The van der Waals surface area contributed by atoms with Gasteiger partial charge in [-0.1, -0.05) is 11.8 Å². The van der Waals surface area contributed by atoms with E-state index < -0.39 is 0 Å². The number of aromatic nitrogens is 1. The molecular weight excluding hydrogens is 459 g/mol. The molecule has 1 aromatic rings. The van der Waals surface area contributed by atoms with Crippen LogP contribution in [0.2, 0.25) is 0 Å². The molecule has 0 radical (unpaired) electrons. The highest BCUT2D eigenvalue weighted by Crippen LogP contribution is 2.29. The first-order valence-electron chi connectivity index (χ1n) is 9.46. The van der Waals surface area contributed by atoms with E-state index in [1.165, 1.54) is 16.7 Å². The van der Waals surface area contributed by atoms with E-state index in [1.54, 1.807) is 28.8 Å². The summed E-state index contributed by atoms with van der Waals surface area (Å²) in [6.45, 7) is 9.44. The maximum Gasteiger partial charge on any atom is 0.301 e. The molecular formula is C17H28Cl2N4O4S2. The van der Waals surface area contributed by atoms with Crippen LogP contribution in [0.5, 0.6) is 0 Å². The molecule has 0 atom stereocenters. The number of nitrogens with zero attached hydrogens (tertiary/aromatic N) is 2. The van der Waals surface area contributed by atoms with Crippen LogP contribution in [-0.4, -0.2) is 87.1 Å². The molecule has 0 saturated carbocycles. The molecule has 0 aliphatic carbocycles. The lowest BCUT2D eigenvalue weighted by atomic mass is 10.4. The Balaban J connectivity index is 0.00000210. The van der Waals surface area contributed by atoms with Crippen molar-refractivity contribution < 1.29 is 49.0 Å². The van der Waals surface area contributed by atoms with Gasteiger partial charge in [0, 0.05) is 17.6 Å². The molecule has 2 N–H and O–H groups in total. The van der Waals surface area contributed by atoms with Gasteiger partial charge in [0.25, 0.3) is 0 Å². The number of nitro groups is 1. The number of ether oxygens (including phenoxy) is 2. The fraction of sp³-hybridized carbons (Fsp3) is 0.706. The minimum Gasteiger partial charge on any atom is -1.00 e. The first kappa shape index (κ1) is 26.7. The standard InChI is InChI=1S/C17H26N4O4S2.2ClH/c22-21(23)15-1-2-16(26-13-7-19-3-9-24-10-4-19)18-17(15)27-14-8-20-5-11-25-12-6-20;;/h1-2H,3-14H2;2*1H. The lowest BCUT2D eigenvalue weighted by Gasteiger charge is -2.23. The highest BCUT2D eigenvalue weighted by molar-refractivity contribution is 8.00. The Morgan fingerprint density at radius 3 is 1.97 bits per heavy atom.